The third-order valence-electron chi connectivity index (χ3n) is 2.91. The molecule has 1 aromatic carbocycles. The summed E-state index contributed by atoms with van der Waals surface area (Å²) in [5.41, 5.74) is 2.26. The fraction of sp³-hybridized carbons (Fsp3) is 0.286. The molecule has 2 atom stereocenters. The van der Waals surface area contributed by atoms with Crippen LogP contribution in [0.25, 0.3) is 5.57 Å². The SMILES string of the molecule is COC1C=C(c2ccccc2)C=CC1(Cl)CCl. The first-order chi connectivity index (χ1) is 8.19. The summed E-state index contributed by atoms with van der Waals surface area (Å²) in [7, 11) is 1.65. The number of hydrogen-bond donors (Lipinski definition) is 0. The molecule has 0 fully saturated rings. The van der Waals surface area contributed by atoms with Crippen molar-refractivity contribution in [2.45, 2.75) is 11.0 Å². The van der Waals surface area contributed by atoms with E-state index in [1.807, 2.05) is 36.4 Å². The minimum Gasteiger partial charge on any atom is -0.375 e. The van der Waals surface area contributed by atoms with Gasteiger partial charge in [-0.3, -0.25) is 0 Å². The average molecular weight is 269 g/mol. The quantitative estimate of drug-likeness (QED) is 0.757. The van der Waals surface area contributed by atoms with Crippen LogP contribution in [0.4, 0.5) is 0 Å². The second kappa shape index (κ2) is 5.26. The van der Waals surface area contributed by atoms with Crippen LogP contribution < -0.4 is 0 Å². The van der Waals surface area contributed by atoms with E-state index in [0.717, 1.165) is 11.1 Å². The second-order valence-electron chi connectivity index (χ2n) is 4.04. The van der Waals surface area contributed by atoms with Crippen LogP contribution in [-0.4, -0.2) is 24.0 Å². The van der Waals surface area contributed by atoms with E-state index in [1.165, 1.54) is 0 Å². The van der Waals surface area contributed by atoms with Gasteiger partial charge in [0.05, 0.1) is 6.10 Å². The Kier molecular flexibility index (Phi) is 3.93. The Labute approximate surface area is 112 Å². The highest BCUT2D eigenvalue weighted by atomic mass is 35.5. The highest BCUT2D eigenvalue weighted by Gasteiger charge is 2.35. The fourth-order valence-electron chi connectivity index (χ4n) is 1.89. The van der Waals surface area contributed by atoms with Gasteiger partial charge in [0.1, 0.15) is 4.87 Å². The maximum Gasteiger partial charge on any atom is 0.106 e. The lowest BCUT2D eigenvalue weighted by Gasteiger charge is -2.31. The number of methoxy groups -OCH3 is 1. The Hall–Kier alpha value is -0.760. The maximum absolute atomic E-state index is 6.39. The lowest BCUT2D eigenvalue weighted by Crippen LogP contribution is -2.38. The van der Waals surface area contributed by atoms with Crippen molar-refractivity contribution in [3.63, 3.8) is 0 Å². The molecule has 0 heterocycles. The number of halogens is 2. The normalized spacial score (nSPS) is 27.9. The number of benzene rings is 1. The number of hydrogen-bond acceptors (Lipinski definition) is 1. The van der Waals surface area contributed by atoms with Gasteiger partial charge in [0.25, 0.3) is 0 Å². The van der Waals surface area contributed by atoms with E-state index in [2.05, 4.69) is 12.1 Å². The Balaban J connectivity index is 2.32. The highest BCUT2D eigenvalue weighted by molar-refractivity contribution is 6.32. The molecule has 2 rings (SSSR count). The lowest BCUT2D eigenvalue weighted by atomic mass is 9.91. The fourth-order valence-corrected chi connectivity index (χ4v) is 2.34. The van der Waals surface area contributed by atoms with Crippen LogP contribution >= 0.6 is 23.2 Å². The lowest BCUT2D eigenvalue weighted by molar-refractivity contribution is 0.123. The Bertz CT molecular complexity index is 439. The van der Waals surface area contributed by atoms with Gasteiger partial charge in [0.2, 0.25) is 0 Å². The molecule has 0 radical (unpaired) electrons. The van der Waals surface area contributed by atoms with E-state index in [1.54, 1.807) is 7.11 Å². The van der Waals surface area contributed by atoms with Crippen molar-refractivity contribution in [3.8, 4) is 0 Å². The Morgan fingerprint density at radius 2 is 2.00 bits per heavy atom. The molecule has 0 aliphatic heterocycles. The van der Waals surface area contributed by atoms with E-state index in [0.29, 0.717) is 5.88 Å². The monoisotopic (exact) mass is 268 g/mol. The van der Waals surface area contributed by atoms with Gasteiger partial charge in [-0.15, -0.1) is 23.2 Å². The van der Waals surface area contributed by atoms with Crippen molar-refractivity contribution in [2.75, 3.05) is 13.0 Å². The molecule has 0 amide bonds. The molecule has 0 aromatic heterocycles. The molecule has 1 aliphatic rings. The van der Waals surface area contributed by atoms with Gasteiger partial charge in [-0.1, -0.05) is 42.5 Å². The van der Waals surface area contributed by atoms with E-state index in [9.17, 15) is 0 Å². The zero-order valence-electron chi connectivity index (χ0n) is 9.57. The molecular formula is C14H14Cl2O. The van der Waals surface area contributed by atoms with Gasteiger partial charge in [-0.2, -0.15) is 0 Å². The van der Waals surface area contributed by atoms with Crippen LogP contribution in [0.1, 0.15) is 5.56 Å². The molecule has 2 unspecified atom stereocenters. The van der Waals surface area contributed by atoms with Crippen LogP contribution in [-0.2, 0) is 4.74 Å². The summed E-state index contributed by atoms with van der Waals surface area (Å²) < 4.78 is 5.41. The Morgan fingerprint density at radius 3 is 2.59 bits per heavy atom. The molecule has 90 valence electrons. The summed E-state index contributed by atoms with van der Waals surface area (Å²) in [4.78, 5) is -0.644. The summed E-state index contributed by atoms with van der Waals surface area (Å²) in [5, 5.41) is 0. The number of rotatable bonds is 3. The molecule has 0 saturated carbocycles. The van der Waals surface area contributed by atoms with Gasteiger partial charge < -0.3 is 4.74 Å². The van der Waals surface area contributed by atoms with Crippen LogP contribution in [0.3, 0.4) is 0 Å². The van der Waals surface area contributed by atoms with E-state index in [4.69, 9.17) is 27.9 Å². The summed E-state index contributed by atoms with van der Waals surface area (Å²) in [5.74, 6) is 0.322. The highest BCUT2D eigenvalue weighted by Crippen LogP contribution is 2.34. The van der Waals surface area contributed by atoms with Gasteiger partial charge in [-0.05, 0) is 17.2 Å². The van der Waals surface area contributed by atoms with Crippen molar-refractivity contribution < 1.29 is 4.74 Å². The molecular weight excluding hydrogens is 255 g/mol. The molecule has 1 aromatic rings. The standard InChI is InChI=1S/C14H14Cl2O/c1-17-13-9-12(7-8-14(13,16)10-15)11-5-3-2-4-6-11/h2-9,13H,10H2,1H3. The van der Waals surface area contributed by atoms with Crippen molar-refractivity contribution >= 4 is 28.8 Å². The van der Waals surface area contributed by atoms with Crippen molar-refractivity contribution in [1.82, 2.24) is 0 Å². The van der Waals surface area contributed by atoms with Gasteiger partial charge in [0, 0.05) is 13.0 Å². The number of alkyl halides is 2. The second-order valence-corrected chi connectivity index (χ2v) is 5.01. The zero-order valence-corrected chi connectivity index (χ0v) is 11.1. The topological polar surface area (TPSA) is 9.23 Å². The number of allylic oxidation sites excluding steroid dienone is 2. The smallest absolute Gasteiger partial charge is 0.106 e. The molecule has 1 nitrogen and oxygen atoms in total. The van der Waals surface area contributed by atoms with E-state index < -0.39 is 4.87 Å². The van der Waals surface area contributed by atoms with Crippen LogP contribution in [0, 0.1) is 0 Å². The third-order valence-corrected chi connectivity index (χ3v) is 3.96. The minimum atomic E-state index is -0.644. The molecule has 0 bridgehead atoms. The minimum absolute atomic E-state index is 0.207. The zero-order chi connectivity index (χ0) is 12.3. The largest absolute Gasteiger partial charge is 0.375 e. The summed E-state index contributed by atoms with van der Waals surface area (Å²) >= 11 is 12.3. The molecule has 0 saturated heterocycles. The predicted molar refractivity (Wildman–Crippen MR) is 73.7 cm³/mol. The number of ether oxygens (including phenoxy) is 1. The van der Waals surface area contributed by atoms with E-state index in [-0.39, 0.29) is 6.10 Å². The van der Waals surface area contributed by atoms with Gasteiger partial charge in [0.15, 0.2) is 0 Å². The maximum atomic E-state index is 6.39. The average Bonchev–Trinajstić information content (AvgIpc) is 2.40. The van der Waals surface area contributed by atoms with Crippen LogP contribution in [0.2, 0.25) is 0 Å². The molecule has 17 heavy (non-hydrogen) atoms. The molecule has 0 N–H and O–H groups in total. The molecule has 0 spiro atoms. The van der Waals surface area contributed by atoms with Gasteiger partial charge >= 0.3 is 0 Å². The summed E-state index contributed by atoms with van der Waals surface area (Å²) in [6, 6.07) is 10.1. The van der Waals surface area contributed by atoms with Crippen molar-refractivity contribution in [1.29, 1.82) is 0 Å². The first-order valence-electron chi connectivity index (χ1n) is 5.44. The van der Waals surface area contributed by atoms with Crippen LogP contribution in [0.15, 0.2) is 48.6 Å². The van der Waals surface area contributed by atoms with E-state index >= 15 is 0 Å². The summed E-state index contributed by atoms with van der Waals surface area (Å²) in [6.45, 7) is 0. The Morgan fingerprint density at radius 1 is 1.29 bits per heavy atom. The molecule has 3 heteroatoms. The molecule has 1 aliphatic carbocycles. The van der Waals surface area contributed by atoms with Crippen LogP contribution in [0.5, 0.6) is 0 Å². The van der Waals surface area contributed by atoms with Gasteiger partial charge in [-0.25, -0.2) is 0 Å². The third kappa shape index (κ3) is 2.57. The summed E-state index contributed by atoms with van der Waals surface area (Å²) in [6.07, 6.45) is 5.73. The predicted octanol–water partition coefficient (Wildman–Crippen LogP) is 3.87. The van der Waals surface area contributed by atoms with Crippen molar-refractivity contribution in [2.24, 2.45) is 0 Å². The first kappa shape index (κ1) is 12.7. The van der Waals surface area contributed by atoms with Crippen molar-refractivity contribution in [3.05, 3.63) is 54.1 Å². The first-order valence-corrected chi connectivity index (χ1v) is 6.35.